The quantitative estimate of drug-likeness (QED) is 0.127. The summed E-state index contributed by atoms with van der Waals surface area (Å²) in [6.07, 6.45) is 7.87. The molecule has 2 N–H and O–H groups in total. The number of carbonyl (C=O) groups excluding carboxylic acids is 1. The molecular weight excluding hydrogens is 450 g/mol. The van der Waals surface area contributed by atoms with Gasteiger partial charge in [0, 0.05) is 35.4 Å². The van der Waals surface area contributed by atoms with Crippen molar-refractivity contribution in [3.63, 3.8) is 0 Å². The average molecular weight is 484 g/mol. The van der Waals surface area contributed by atoms with E-state index in [9.17, 15) is 19.5 Å². The zero-order valence-corrected chi connectivity index (χ0v) is 19.9. The molecule has 0 aromatic carbocycles. The number of aromatic amines is 1. The Morgan fingerprint density at radius 3 is 2.45 bits per heavy atom. The van der Waals surface area contributed by atoms with Crippen molar-refractivity contribution in [2.45, 2.75) is 102 Å². The fourth-order valence-corrected chi connectivity index (χ4v) is 4.26. The molecule has 1 aromatic rings. The highest BCUT2D eigenvalue weighted by molar-refractivity contribution is 6.17. The number of H-pyrrole nitrogens is 1. The Kier molecular flexibility index (Phi) is 11.7. The van der Waals surface area contributed by atoms with Gasteiger partial charge in [-0.25, -0.2) is 4.79 Å². The van der Waals surface area contributed by atoms with Crippen molar-refractivity contribution in [3.05, 3.63) is 43.0 Å². The van der Waals surface area contributed by atoms with E-state index in [1.165, 1.54) is 36.4 Å². The second-order valence-electron chi connectivity index (χ2n) is 8.57. The summed E-state index contributed by atoms with van der Waals surface area (Å²) in [6.45, 7) is 1.55. The first kappa shape index (κ1) is 27.1. The molecule has 1 saturated heterocycles. The number of rotatable bonds is 15. The summed E-state index contributed by atoms with van der Waals surface area (Å²) in [5.74, 6) is 0.353. The number of nitrogens with one attached hydrogen (secondary N) is 1. The number of aliphatic hydroxyl groups excluding tert-OH is 1. The number of Topliss-reactive ketones (excluding diaryl/α,β-unsaturated/α-hetero) is 1. The van der Waals surface area contributed by atoms with E-state index in [1.807, 2.05) is 0 Å². The third-order valence-electron chi connectivity index (χ3n) is 5.99. The molecule has 33 heavy (non-hydrogen) atoms. The Hall–Kier alpha value is -2.13. The van der Waals surface area contributed by atoms with Crippen LogP contribution in [0.4, 0.5) is 0 Å². The summed E-state index contributed by atoms with van der Waals surface area (Å²) in [4.78, 5) is 41.3. The minimum Gasteiger partial charge on any atom is -0.383 e. The van der Waals surface area contributed by atoms with Crippen molar-refractivity contribution < 1.29 is 14.6 Å². The van der Waals surface area contributed by atoms with E-state index in [0.29, 0.717) is 12.0 Å². The van der Waals surface area contributed by atoms with E-state index in [1.54, 1.807) is 6.92 Å². The summed E-state index contributed by atoms with van der Waals surface area (Å²) >= 11 is 5.66. The zero-order chi connectivity index (χ0) is 24.2. The van der Waals surface area contributed by atoms with Crippen LogP contribution >= 0.6 is 11.6 Å². The van der Waals surface area contributed by atoms with Gasteiger partial charge in [0.05, 0.1) is 6.04 Å². The number of ether oxygens (including phenoxy) is 1. The fraction of sp³-hybridized carbons (Fsp3) is 0.773. The van der Waals surface area contributed by atoms with Crippen LogP contribution < -0.4 is 11.2 Å². The molecule has 0 spiro atoms. The first-order valence-corrected chi connectivity index (χ1v) is 12.2. The Morgan fingerprint density at radius 2 is 1.85 bits per heavy atom. The monoisotopic (exact) mass is 483 g/mol. The number of azide groups is 1. The zero-order valence-electron chi connectivity index (χ0n) is 19.1. The maximum absolute atomic E-state index is 12.5. The van der Waals surface area contributed by atoms with E-state index in [2.05, 4.69) is 15.0 Å². The van der Waals surface area contributed by atoms with Crippen LogP contribution in [0.3, 0.4) is 0 Å². The molecule has 1 fully saturated rings. The number of unbranched alkanes of at least 4 members (excludes halogenated alkanes) is 8. The van der Waals surface area contributed by atoms with Crippen LogP contribution in [0.1, 0.15) is 82.4 Å². The molecule has 0 radical (unpaired) electrons. The predicted molar refractivity (Wildman–Crippen MR) is 125 cm³/mol. The van der Waals surface area contributed by atoms with Crippen molar-refractivity contribution in [2.75, 3.05) is 5.88 Å². The van der Waals surface area contributed by atoms with Crippen molar-refractivity contribution in [3.8, 4) is 0 Å². The van der Waals surface area contributed by atoms with Crippen LogP contribution in [0, 0.1) is 6.92 Å². The summed E-state index contributed by atoms with van der Waals surface area (Å²) in [5.41, 5.74) is 8.02. The van der Waals surface area contributed by atoms with Crippen LogP contribution in [-0.4, -0.2) is 44.6 Å². The lowest BCUT2D eigenvalue weighted by Crippen LogP contribution is -2.39. The van der Waals surface area contributed by atoms with Gasteiger partial charge in [0.15, 0.2) is 5.78 Å². The molecule has 1 aliphatic heterocycles. The van der Waals surface area contributed by atoms with Crippen molar-refractivity contribution in [2.24, 2.45) is 5.11 Å². The van der Waals surface area contributed by atoms with E-state index in [-0.39, 0.29) is 18.6 Å². The van der Waals surface area contributed by atoms with Crippen molar-refractivity contribution in [1.82, 2.24) is 9.55 Å². The van der Waals surface area contributed by atoms with Gasteiger partial charge in [0.25, 0.3) is 5.56 Å². The van der Waals surface area contributed by atoms with Crippen LogP contribution in [0.25, 0.3) is 10.4 Å². The molecule has 184 valence electrons. The highest BCUT2D eigenvalue weighted by Crippen LogP contribution is 2.32. The van der Waals surface area contributed by atoms with Gasteiger partial charge in [-0.05, 0) is 25.3 Å². The van der Waals surface area contributed by atoms with Crippen LogP contribution in [0.15, 0.2) is 20.9 Å². The largest absolute Gasteiger partial charge is 0.383 e. The lowest BCUT2D eigenvalue weighted by molar-refractivity contribution is -0.137. The van der Waals surface area contributed by atoms with Gasteiger partial charge in [-0.1, -0.05) is 50.1 Å². The van der Waals surface area contributed by atoms with Crippen LogP contribution in [0.2, 0.25) is 0 Å². The third kappa shape index (κ3) is 8.30. The topological polar surface area (TPSA) is 150 Å². The third-order valence-corrected chi connectivity index (χ3v) is 6.26. The van der Waals surface area contributed by atoms with Gasteiger partial charge in [-0.2, -0.15) is 0 Å². The van der Waals surface area contributed by atoms with E-state index in [0.717, 1.165) is 31.6 Å². The van der Waals surface area contributed by atoms with Crippen LogP contribution in [-0.2, 0) is 9.53 Å². The van der Waals surface area contributed by atoms with E-state index >= 15 is 0 Å². The summed E-state index contributed by atoms with van der Waals surface area (Å²) in [7, 11) is 0. The van der Waals surface area contributed by atoms with Gasteiger partial charge < -0.3 is 9.84 Å². The maximum Gasteiger partial charge on any atom is 0.330 e. The number of nitrogens with zero attached hydrogens (tertiary/aromatic N) is 4. The molecule has 11 heteroatoms. The second kappa shape index (κ2) is 14.2. The molecule has 2 rings (SSSR count). The van der Waals surface area contributed by atoms with E-state index in [4.69, 9.17) is 21.9 Å². The molecule has 2 heterocycles. The molecule has 10 nitrogen and oxygen atoms in total. The Bertz CT molecular complexity index is 926. The number of aromatic nitrogens is 2. The van der Waals surface area contributed by atoms with Crippen molar-refractivity contribution in [1.29, 1.82) is 0 Å². The SMILES string of the molecule is Cc1cn([C@H]2C[C@H](N=[N+]=[N-])[C@@H](C(O)C(=O)CCCCCCCCCCCCl)O2)c(=O)[nH]c1=O. The van der Waals surface area contributed by atoms with Gasteiger partial charge in [-0.15, -0.1) is 11.6 Å². The molecule has 1 aliphatic rings. The van der Waals surface area contributed by atoms with Gasteiger partial charge in [-0.3, -0.25) is 19.1 Å². The number of aliphatic hydroxyl groups is 1. The van der Waals surface area contributed by atoms with E-state index < -0.39 is 35.7 Å². The minimum absolute atomic E-state index is 0.106. The number of hydrogen-bond donors (Lipinski definition) is 2. The Balaban J connectivity index is 1.83. The fourth-order valence-electron chi connectivity index (χ4n) is 4.07. The first-order chi connectivity index (χ1) is 15.9. The lowest BCUT2D eigenvalue weighted by atomic mass is 9.98. The highest BCUT2D eigenvalue weighted by atomic mass is 35.5. The number of halogens is 1. The average Bonchev–Trinajstić information content (AvgIpc) is 3.20. The molecule has 1 unspecified atom stereocenters. The van der Waals surface area contributed by atoms with Gasteiger partial charge in [0.1, 0.15) is 18.4 Å². The standard InChI is InChI=1S/C22H34ClN5O5/c1-15-14-28(22(32)25-21(15)31)18-13-16(26-27-24)20(33-18)19(30)17(29)11-9-7-5-3-2-4-6-8-10-12-23/h14,16,18-20,30H,2-13H2,1H3,(H,25,31,32)/t16-,18+,19?,20-/m0/s1. The number of ketones is 1. The van der Waals surface area contributed by atoms with Crippen molar-refractivity contribution >= 4 is 17.4 Å². The predicted octanol–water partition coefficient (Wildman–Crippen LogP) is 3.88. The molecule has 0 aliphatic carbocycles. The Morgan fingerprint density at radius 1 is 1.24 bits per heavy atom. The number of alkyl halides is 1. The molecular formula is C22H34ClN5O5. The summed E-state index contributed by atoms with van der Waals surface area (Å²) < 4.78 is 6.95. The molecule has 4 atom stereocenters. The Labute approximate surface area is 197 Å². The number of aryl methyl sites for hydroxylation is 1. The van der Waals surface area contributed by atoms with Crippen LogP contribution in [0.5, 0.6) is 0 Å². The summed E-state index contributed by atoms with van der Waals surface area (Å²) in [6, 6.07) is -0.808. The molecule has 0 bridgehead atoms. The normalized spacial score (nSPS) is 21.0. The second-order valence-corrected chi connectivity index (χ2v) is 8.95. The number of carbonyl (C=O) groups is 1. The molecule has 0 amide bonds. The molecule has 1 aromatic heterocycles. The smallest absolute Gasteiger partial charge is 0.330 e. The first-order valence-electron chi connectivity index (χ1n) is 11.7. The number of hydrogen-bond acceptors (Lipinski definition) is 6. The highest BCUT2D eigenvalue weighted by Gasteiger charge is 2.42. The lowest BCUT2D eigenvalue weighted by Gasteiger charge is -2.21. The minimum atomic E-state index is -1.45. The van der Waals surface area contributed by atoms with Gasteiger partial charge >= 0.3 is 5.69 Å². The van der Waals surface area contributed by atoms with Gasteiger partial charge in [0.2, 0.25) is 0 Å². The summed E-state index contributed by atoms with van der Waals surface area (Å²) in [5, 5.41) is 14.2. The maximum atomic E-state index is 12.5. The molecule has 0 saturated carbocycles.